The lowest BCUT2D eigenvalue weighted by molar-refractivity contribution is 0.563. The second-order valence-corrected chi connectivity index (χ2v) is 4.21. The molecule has 0 saturated heterocycles. The zero-order valence-corrected chi connectivity index (χ0v) is 11.0. The monoisotopic (exact) mass is 246 g/mol. The molecule has 96 valence electrons. The largest absolute Gasteiger partial charge is 0.472 e. The second kappa shape index (κ2) is 5.53. The molecule has 0 amide bonds. The maximum atomic E-state index is 5.07. The molecule has 0 bridgehead atoms. The molecule has 0 radical (unpaired) electrons. The van der Waals surface area contributed by atoms with Gasteiger partial charge in [-0.05, 0) is 19.9 Å². The van der Waals surface area contributed by atoms with Gasteiger partial charge in [0, 0.05) is 37.5 Å². The maximum Gasteiger partial charge on any atom is 0.224 e. The third kappa shape index (κ3) is 3.00. The molecule has 2 aromatic rings. The van der Waals surface area contributed by atoms with E-state index < -0.39 is 0 Å². The fourth-order valence-corrected chi connectivity index (χ4v) is 1.72. The second-order valence-electron chi connectivity index (χ2n) is 4.21. The van der Waals surface area contributed by atoms with Crippen LogP contribution >= 0.6 is 0 Å². The van der Waals surface area contributed by atoms with Crippen LogP contribution < -0.4 is 10.2 Å². The number of nitrogens with one attached hydrogen (secondary N) is 1. The molecule has 0 spiro atoms. The summed E-state index contributed by atoms with van der Waals surface area (Å²) in [6.45, 7) is 5.57. The summed E-state index contributed by atoms with van der Waals surface area (Å²) in [5.41, 5.74) is 2.08. The highest BCUT2D eigenvalue weighted by Gasteiger charge is 2.07. The van der Waals surface area contributed by atoms with Gasteiger partial charge in [0.05, 0.1) is 12.5 Å². The summed E-state index contributed by atoms with van der Waals surface area (Å²) >= 11 is 0. The first-order valence-electron chi connectivity index (χ1n) is 6.01. The van der Waals surface area contributed by atoms with Crippen molar-refractivity contribution in [1.82, 2.24) is 9.97 Å². The van der Waals surface area contributed by atoms with Crippen LogP contribution in [0.5, 0.6) is 0 Å². The predicted molar refractivity (Wildman–Crippen MR) is 71.7 cm³/mol. The number of rotatable bonds is 5. The van der Waals surface area contributed by atoms with Crippen molar-refractivity contribution in [3.8, 4) is 0 Å². The number of hydrogen-bond acceptors (Lipinski definition) is 5. The van der Waals surface area contributed by atoms with E-state index in [-0.39, 0.29) is 0 Å². The van der Waals surface area contributed by atoms with Crippen LogP contribution in [0.25, 0.3) is 0 Å². The number of aromatic nitrogens is 2. The van der Waals surface area contributed by atoms with Crippen LogP contribution in [-0.2, 0) is 6.54 Å². The fourth-order valence-electron chi connectivity index (χ4n) is 1.72. The van der Waals surface area contributed by atoms with E-state index in [2.05, 4.69) is 20.2 Å². The van der Waals surface area contributed by atoms with Gasteiger partial charge in [0.25, 0.3) is 0 Å². The summed E-state index contributed by atoms with van der Waals surface area (Å²) in [7, 11) is 2.00. The number of aryl methyl sites for hydroxylation is 1. The lowest BCUT2D eigenvalue weighted by Gasteiger charge is -2.18. The summed E-state index contributed by atoms with van der Waals surface area (Å²) in [5, 5.41) is 3.14. The van der Waals surface area contributed by atoms with Crippen LogP contribution in [0.4, 0.5) is 11.8 Å². The van der Waals surface area contributed by atoms with Crippen molar-refractivity contribution >= 4 is 11.8 Å². The number of nitrogens with zero attached hydrogens (tertiary/aromatic N) is 3. The quantitative estimate of drug-likeness (QED) is 0.878. The van der Waals surface area contributed by atoms with Crippen molar-refractivity contribution in [2.75, 3.05) is 23.8 Å². The first kappa shape index (κ1) is 12.4. The highest BCUT2D eigenvalue weighted by Crippen LogP contribution is 2.16. The van der Waals surface area contributed by atoms with Gasteiger partial charge < -0.3 is 14.6 Å². The number of anilines is 2. The van der Waals surface area contributed by atoms with Crippen molar-refractivity contribution in [2.45, 2.75) is 20.4 Å². The minimum absolute atomic E-state index is 0.673. The molecule has 0 aliphatic carbocycles. The molecule has 18 heavy (non-hydrogen) atoms. The lowest BCUT2D eigenvalue weighted by atomic mass is 10.3. The van der Waals surface area contributed by atoms with Gasteiger partial charge in [-0.1, -0.05) is 0 Å². The SMILES string of the molecule is CCNc1nc(C)cc(N(C)Cc2ccoc2)n1. The molecular weight excluding hydrogens is 228 g/mol. The molecule has 5 nitrogen and oxygen atoms in total. The first-order valence-corrected chi connectivity index (χ1v) is 6.01. The average Bonchev–Trinajstić information content (AvgIpc) is 2.81. The Morgan fingerprint density at radius 3 is 2.89 bits per heavy atom. The van der Waals surface area contributed by atoms with Crippen LogP contribution in [-0.4, -0.2) is 23.6 Å². The van der Waals surface area contributed by atoms with Crippen LogP contribution in [0.2, 0.25) is 0 Å². The van der Waals surface area contributed by atoms with E-state index in [1.165, 1.54) is 0 Å². The van der Waals surface area contributed by atoms with Gasteiger partial charge in [0.2, 0.25) is 5.95 Å². The third-order valence-corrected chi connectivity index (χ3v) is 2.57. The van der Waals surface area contributed by atoms with Crippen molar-refractivity contribution < 1.29 is 4.42 Å². The zero-order chi connectivity index (χ0) is 13.0. The summed E-state index contributed by atoms with van der Waals surface area (Å²) in [5.74, 6) is 1.58. The molecule has 0 aliphatic heterocycles. The third-order valence-electron chi connectivity index (χ3n) is 2.57. The Balaban J connectivity index is 2.16. The fraction of sp³-hybridized carbons (Fsp3) is 0.385. The predicted octanol–water partition coefficient (Wildman–Crippen LogP) is 2.45. The van der Waals surface area contributed by atoms with Crippen LogP contribution in [0.3, 0.4) is 0 Å². The van der Waals surface area contributed by atoms with Crippen LogP contribution in [0.1, 0.15) is 18.2 Å². The molecule has 1 N–H and O–H groups in total. The molecule has 0 aliphatic rings. The Morgan fingerprint density at radius 2 is 2.22 bits per heavy atom. The topological polar surface area (TPSA) is 54.2 Å². The highest BCUT2D eigenvalue weighted by atomic mass is 16.3. The van der Waals surface area contributed by atoms with Crippen molar-refractivity contribution in [3.63, 3.8) is 0 Å². The van der Waals surface area contributed by atoms with E-state index >= 15 is 0 Å². The van der Waals surface area contributed by atoms with Gasteiger partial charge in [-0.2, -0.15) is 4.98 Å². The van der Waals surface area contributed by atoms with E-state index in [0.717, 1.165) is 30.2 Å². The standard InChI is InChI=1S/C13H18N4O/c1-4-14-13-15-10(2)7-12(16-13)17(3)8-11-5-6-18-9-11/h5-7,9H,4,8H2,1-3H3,(H,14,15,16). The van der Waals surface area contributed by atoms with E-state index in [0.29, 0.717) is 5.95 Å². The summed E-state index contributed by atoms with van der Waals surface area (Å²) in [6, 6.07) is 3.93. The molecule has 0 aromatic carbocycles. The van der Waals surface area contributed by atoms with Gasteiger partial charge >= 0.3 is 0 Å². The maximum absolute atomic E-state index is 5.07. The number of hydrogen-bond donors (Lipinski definition) is 1. The Hall–Kier alpha value is -2.04. The average molecular weight is 246 g/mol. The van der Waals surface area contributed by atoms with E-state index in [4.69, 9.17) is 4.42 Å². The highest BCUT2D eigenvalue weighted by molar-refractivity contribution is 5.44. The molecule has 2 heterocycles. The van der Waals surface area contributed by atoms with Crippen molar-refractivity contribution in [3.05, 3.63) is 35.9 Å². The molecule has 0 unspecified atom stereocenters. The summed E-state index contributed by atoms with van der Waals surface area (Å²) in [6.07, 6.45) is 3.42. The Kier molecular flexibility index (Phi) is 3.82. The molecule has 2 aromatic heterocycles. The van der Waals surface area contributed by atoms with Gasteiger partial charge in [0.15, 0.2) is 0 Å². The number of furan rings is 1. The molecule has 0 saturated carbocycles. The lowest BCUT2D eigenvalue weighted by Crippen LogP contribution is -2.18. The zero-order valence-electron chi connectivity index (χ0n) is 11.0. The van der Waals surface area contributed by atoms with Gasteiger partial charge in [-0.25, -0.2) is 4.98 Å². The van der Waals surface area contributed by atoms with Crippen LogP contribution in [0.15, 0.2) is 29.1 Å². The normalized spacial score (nSPS) is 10.4. The smallest absolute Gasteiger partial charge is 0.224 e. The van der Waals surface area contributed by atoms with E-state index in [9.17, 15) is 0 Å². The molecule has 5 heteroatoms. The van der Waals surface area contributed by atoms with Gasteiger partial charge in [0.1, 0.15) is 5.82 Å². The van der Waals surface area contributed by atoms with E-state index in [1.807, 2.05) is 33.0 Å². The summed E-state index contributed by atoms with van der Waals surface area (Å²) < 4.78 is 5.07. The molecule has 0 fully saturated rings. The summed E-state index contributed by atoms with van der Waals surface area (Å²) in [4.78, 5) is 10.9. The minimum Gasteiger partial charge on any atom is -0.472 e. The van der Waals surface area contributed by atoms with E-state index in [1.54, 1.807) is 12.5 Å². The minimum atomic E-state index is 0.673. The Morgan fingerprint density at radius 1 is 1.39 bits per heavy atom. The Bertz CT molecular complexity index is 496. The van der Waals surface area contributed by atoms with Crippen molar-refractivity contribution in [1.29, 1.82) is 0 Å². The van der Waals surface area contributed by atoms with Gasteiger partial charge in [-0.15, -0.1) is 0 Å². The van der Waals surface area contributed by atoms with Crippen LogP contribution in [0, 0.1) is 6.92 Å². The van der Waals surface area contributed by atoms with Crippen molar-refractivity contribution in [2.24, 2.45) is 0 Å². The molecular formula is C13H18N4O. The molecule has 0 atom stereocenters. The first-order chi connectivity index (χ1) is 8.69. The van der Waals surface area contributed by atoms with Gasteiger partial charge in [-0.3, -0.25) is 0 Å². The molecule has 2 rings (SSSR count). The Labute approximate surface area is 107 Å².